The number of hydrogen-bond donors (Lipinski definition) is 2. The zero-order chi connectivity index (χ0) is 11.4. The number of carboxylic acids is 1. The average molecular weight is 248 g/mol. The topological polar surface area (TPSA) is 66.4 Å². The molecule has 1 aromatic carbocycles. The molecule has 0 bridgehead atoms. The minimum absolute atomic E-state index is 0.244. The van der Waals surface area contributed by atoms with Gasteiger partial charge in [-0.05, 0) is 17.7 Å². The highest BCUT2D eigenvalue weighted by Gasteiger charge is 2.19. The Morgan fingerprint density at radius 2 is 2.07 bits per heavy atom. The molecule has 4 nitrogen and oxygen atoms in total. The number of nitrogens with one attached hydrogen (secondary N) is 1. The fraction of sp³-hybridized carbons (Fsp3) is 0.111. The van der Waals surface area contributed by atoms with E-state index in [4.69, 9.17) is 28.3 Å². The summed E-state index contributed by atoms with van der Waals surface area (Å²) in [6.07, 6.45) is 0.321. The average Bonchev–Trinajstić information content (AvgIpc) is 2.18. The van der Waals surface area contributed by atoms with E-state index in [-0.39, 0.29) is 5.02 Å². The normalized spacial score (nSPS) is 11.9. The van der Waals surface area contributed by atoms with Crippen molar-refractivity contribution in [2.24, 2.45) is 0 Å². The van der Waals surface area contributed by atoms with Crippen molar-refractivity contribution in [3.63, 3.8) is 0 Å². The summed E-state index contributed by atoms with van der Waals surface area (Å²) in [6, 6.07) is 3.25. The molecule has 1 amide bonds. The van der Waals surface area contributed by atoms with E-state index < -0.39 is 12.0 Å². The minimum atomic E-state index is -1.17. The number of aliphatic carboxylic acids is 1. The van der Waals surface area contributed by atoms with Gasteiger partial charge in [-0.3, -0.25) is 4.79 Å². The van der Waals surface area contributed by atoms with Gasteiger partial charge in [0, 0.05) is 0 Å². The maximum Gasteiger partial charge on any atom is 0.330 e. The van der Waals surface area contributed by atoms with E-state index in [0.29, 0.717) is 17.0 Å². The highest BCUT2D eigenvalue weighted by Crippen LogP contribution is 2.25. The maximum absolute atomic E-state index is 10.8. The second-order valence-corrected chi connectivity index (χ2v) is 3.54. The van der Waals surface area contributed by atoms with E-state index in [1.807, 2.05) is 0 Å². The summed E-state index contributed by atoms with van der Waals surface area (Å²) in [5.41, 5.74) is 0.365. The molecule has 0 heterocycles. The Balaban J connectivity index is 3.06. The number of carbonyl (C=O) groups excluding carboxylic acids is 1. The Labute approximate surface area is 95.8 Å². The van der Waals surface area contributed by atoms with Crippen LogP contribution >= 0.6 is 23.2 Å². The number of carboxylic acid groups (broad SMARTS) is 1. The SMILES string of the molecule is O=CNC(C(=O)O)c1ccc(Cl)c(Cl)c1. The summed E-state index contributed by atoms with van der Waals surface area (Å²) in [7, 11) is 0. The van der Waals surface area contributed by atoms with E-state index in [9.17, 15) is 9.59 Å². The standard InChI is InChI=1S/C9H7Cl2NO3/c10-6-2-1-5(3-7(6)11)8(9(14)15)12-4-13/h1-4,8H,(H,12,13)(H,14,15). The lowest BCUT2D eigenvalue weighted by Gasteiger charge is -2.11. The van der Waals surface area contributed by atoms with E-state index in [1.54, 1.807) is 0 Å². The molecule has 0 aliphatic heterocycles. The summed E-state index contributed by atoms with van der Waals surface area (Å²) in [5, 5.41) is 11.6. The summed E-state index contributed by atoms with van der Waals surface area (Å²) in [5.74, 6) is -1.17. The predicted octanol–water partition coefficient (Wildman–Crippen LogP) is 1.87. The number of amides is 1. The second kappa shape index (κ2) is 5.00. The van der Waals surface area contributed by atoms with Crippen molar-refractivity contribution in [3.8, 4) is 0 Å². The number of benzene rings is 1. The van der Waals surface area contributed by atoms with Gasteiger partial charge in [0.25, 0.3) is 0 Å². The predicted molar refractivity (Wildman–Crippen MR) is 56.0 cm³/mol. The number of hydrogen-bond acceptors (Lipinski definition) is 2. The van der Waals surface area contributed by atoms with Crippen LogP contribution in [0.5, 0.6) is 0 Å². The lowest BCUT2D eigenvalue weighted by atomic mass is 10.1. The lowest BCUT2D eigenvalue weighted by molar-refractivity contribution is -0.140. The molecular formula is C9H7Cl2NO3. The van der Waals surface area contributed by atoms with E-state index in [0.717, 1.165) is 0 Å². The molecule has 0 saturated heterocycles. The van der Waals surface area contributed by atoms with Gasteiger partial charge in [0.1, 0.15) is 0 Å². The first-order chi connectivity index (χ1) is 7.06. The van der Waals surface area contributed by atoms with Crippen LogP contribution in [-0.2, 0) is 9.59 Å². The molecule has 1 unspecified atom stereocenters. The third-order valence-electron chi connectivity index (χ3n) is 1.76. The molecule has 2 N–H and O–H groups in total. The molecule has 15 heavy (non-hydrogen) atoms. The molecule has 0 spiro atoms. The maximum atomic E-state index is 10.8. The molecule has 1 aromatic rings. The number of carbonyl (C=O) groups is 2. The van der Waals surface area contributed by atoms with Crippen LogP contribution in [0.1, 0.15) is 11.6 Å². The monoisotopic (exact) mass is 247 g/mol. The van der Waals surface area contributed by atoms with Crippen molar-refractivity contribution < 1.29 is 14.7 Å². The fourth-order valence-corrected chi connectivity index (χ4v) is 1.38. The highest BCUT2D eigenvalue weighted by molar-refractivity contribution is 6.42. The Morgan fingerprint density at radius 1 is 1.40 bits per heavy atom. The Morgan fingerprint density at radius 3 is 2.53 bits per heavy atom. The van der Waals surface area contributed by atoms with Gasteiger partial charge in [-0.25, -0.2) is 4.79 Å². The third-order valence-corrected chi connectivity index (χ3v) is 2.50. The first-order valence-electron chi connectivity index (χ1n) is 3.93. The van der Waals surface area contributed by atoms with Gasteiger partial charge >= 0.3 is 5.97 Å². The Kier molecular flexibility index (Phi) is 3.94. The highest BCUT2D eigenvalue weighted by atomic mass is 35.5. The van der Waals surface area contributed by atoms with Crippen LogP contribution in [0, 0.1) is 0 Å². The van der Waals surface area contributed by atoms with Gasteiger partial charge in [0.15, 0.2) is 6.04 Å². The largest absolute Gasteiger partial charge is 0.479 e. The van der Waals surface area contributed by atoms with Crippen molar-refractivity contribution in [2.75, 3.05) is 0 Å². The van der Waals surface area contributed by atoms with Crippen LogP contribution in [0.25, 0.3) is 0 Å². The van der Waals surface area contributed by atoms with Crippen molar-refractivity contribution in [1.82, 2.24) is 5.32 Å². The van der Waals surface area contributed by atoms with Gasteiger partial charge in [-0.15, -0.1) is 0 Å². The minimum Gasteiger partial charge on any atom is -0.479 e. The molecule has 0 aromatic heterocycles. The van der Waals surface area contributed by atoms with Gasteiger partial charge in [0.2, 0.25) is 6.41 Å². The molecule has 80 valence electrons. The van der Waals surface area contributed by atoms with Gasteiger partial charge < -0.3 is 10.4 Å². The van der Waals surface area contributed by atoms with E-state index >= 15 is 0 Å². The molecule has 0 aliphatic rings. The number of rotatable bonds is 4. The second-order valence-electron chi connectivity index (χ2n) is 2.73. The molecule has 0 saturated carbocycles. The van der Waals surface area contributed by atoms with Gasteiger partial charge in [-0.1, -0.05) is 29.3 Å². The molecule has 6 heteroatoms. The number of halogens is 2. The zero-order valence-electron chi connectivity index (χ0n) is 7.41. The summed E-state index contributed by atoms with van der Waals surface area (Å²) >= 11 is 11.4. The lowest BCUT2D eigenvalue weighted by Crippen LogP contribution is -2.27. The summed E-state index contributed by atoms with van der Waals surface area (Å²) < 4.78 is 0. The molecule has 1 atom stereocenters. The van der Waals surface area contributed by atoms with E-state index in [1.165, 1.54) is 18.2 Å². The Hall–Kier alpha value is -1.26. The molecule has 0 fully saturated rings. The summed E-state index contributed by atoms with van der Waals surface area (Å²) in [6.45, 7) is 0. The van der Waals surface area contributed by atoms with Crippen LogP contribution in [0.3, 0.4) is 0 Å². The molecule has 1 rings (SSSR count). The van der Waals surface area contributed by atoms with Crippen LogP contribution in [-0.4, -0.2) is 17.5 Å². The van der Waals surface area contributed by atoms with E-state index in [2.05, 4.69) is 5.32 Å². The zero-order valence-corrected chi connectivity index (χ0v) is 8.92. The van der Waals surface area contributed by atoms with Crippen LogP contribution in [0.2, 0.25) is 10.0 Å². The Bertz CT molecular complexity index is 395. The van der Waals surface area contributed by atoms with Gasteiger partial charge in [0.05, 0.1) is 10.0 Å². The smallest absolute Gasteiger partial charge is 0.330 e. The fourth-order valence-electron chi connectivity index (χ4n) is 1.07. The van der Waals surface area contributed by atoms with Crippen molar-refractivity contribution in [3.05, 3.63) is 33.8 Å². The first kappa shape index (κ1) is 11.8. The molecule has 0 aliphatic carbocycles. The van der Waals surface area contributed by atoms with Crippen LogP contribution < -0.4 is 5.32 Å². The van der Waals surface area contributed by atoms with Crippen LogP contribution in [0.15, 0.2) is 18.2 Å². The van der Waals surface area contributed by atoms with Crippen molar-refractivity contribution in [1.29, 1.82) is 0 Å². The van der Waals surface area contributed by atoms with Crippen molar-refractivity contribution in [2.45, 2.75) is 6.04 Å². The van der Waals surface area contributed by atoms with Crippen LogP contribution in [0.4, 0.5) is 0 Å². The first-order valence-corrected chi connectivity index (χ1v) is 4.69. The summed E-state index contributed by atoms with van der Waals surface area (Å²) in [4.78, 5) is 21.0. The molecule has 0 radical (unpaired) electrons. The quantitative estimate of drug-likeness (QED) is 0.799. The van der Waals surface area contributed by atoms with Crippen molar-refractivity contribution >= 4 is 35.6 Å². The molecular weight excluding hydrogens is 241 g/mol. The van der Waals surface area contributed by atoms with Gasteiger partial charge in [-0.2, -0.15) is 0 Å². The third kappa shape index (κ3) is 2.84.